The van der Waals surface area contributed by atoms with E-state index in [1.54, 1.807) is 36.0 Å². The van der Waals surface area contributed by atoms with Gasteiger partial charge in [0.25, 0.3) is 0 Å². The average Bonchev–Trinajstić information content (AvgIpc) is 3.16. The van der Waals surface area contributed by atoms with Crippen LogP contribution >= 0.6 is 0 Å². The van der Waals surface area contributed by atoms with Gasteiger partial charge < -0.3 is 15.4 Å². The van der Waals surface area contributed by atoms with Crippen LogP contribution in [0.15, 0.2) is 67.0 Å². The summed E-state index contributed by atoms with van der Waals surface area (Å²) in [4.78, 5) is 12.4. The first kappa shape index (κ1) is 19.3. The lowest BCUT2D eigenvalue weighted by molar-refractivity contribution is -0.0499. The lowest BCUT2D eigenvalue weighted by Gasteiger charge is -2.17. The molecule has 2 N–H and O–H groups in total. The highest BCUT2D eigenvalue weighted by atomic mass is 19.3. The fourth-order valence-corrected chi connectivity index (χ4v) is 2.75. The minimum Gasteiger partial charge on any atom is -0.435 e. The van der Waals surface area contributed by atoms with E-state index >= 15 is 0 Å². The number of para-hydroxylation sites is 1. The second-order valence-corrected chi connectivity index (χ2v) is 6.13. The monoisotopic (exact) mass is 386 g/mol. The number of benzene rings is 2. The molecule has 1 aromatic heterocycles. The van der Waals surface area contributed by atoms with Crippen molar-refractivity contribution in [1.29, 1.82) is 0 Å². The zero-order valence-corrected chi connectivity index (χ0v) is 15.2. The number of hydrogen-bond donors (Lipinski definition) is 2. The topological polar surface area (TPSA) is 68.2 Å². The Kier molecular flexibility index (Phi) is 6.21. The number of hydrogen-bond acceptors (Lipinski definition) is 3. The Labute approximate surface area is 161 Å². The zero-order valence-electron chi connectivity index (χ0n) is 15.2. The van der Waals surface area contributed by atoms with Crippen LogP contribution in [-0.4, -0.2) is 22.4 Å². The van der Waals surface area contributed by atoms with E-state index in [0.717, 1.165) is 5.56 Å². The van der Waals surface area contributed by atoms with E-state index < -0.39 is 18.7 Å². The summed E-state index contributed by atoms with van der Waals surface area (Å²) in [5, 5.41) is 9.80. The number of nitrogens with one attached hydrogen (secondary N) is 2. The Morgan fingerprint density at radius 2 is 2.00 bits per heavy atom. The largest absolute Gasteiger partial charge is 0.435 e. The molecule has 0 saturated heterocycles. The van der Waals surface area contributed by atoms with Crippen LogP contribution in [0.3, 0.4) is 0 Å². The molecule has 0 aliphatic carbocycles. The van der Waals surface area contributed by atoms with Gasteiger partial charge >= 0.3 is 12.6 Å². The molecule has 0 aliphatic heterocycles. The van der Waals surface area contributed by atoms with Gasteiger partial charge in [-0.25, -0.2) is 4.79 Å². The van der Waals surface area contributed by atoms with Gasteiger partial charge in [0.05, 0.1) is 12.6 Å². The van der Waals surface area contributed by atoms with Gasteiger partial charge in [-0.05, 0) is 42.3 Å². The van der Waals surface area contributed by atoms with E-state index in [9.17, 15) is 13.6 Å². The number of ether oxygens (including phenoxy) is 1. The molecule has 3 rings (SSSR count). The van der Waals surface area contributed by atoms with Crippen LogP contribution < -0.4 is 15.4 Å². The summed E-state index contributed by atoms with van der Waals surface area (Å²) < 4.78 is 30.9. The number of anilines is 1. The summed E-state index contributed by atoms with van der Waals surface area (Å²) in [6.07, 6.45) is 3.53. The molecule has 0 radical (unpaired) electrons. The molecule has 1 heterocycles. The second kappa shape index (κ2) is 8.98. The molecular formula is C20H20F2N4O2. The van der Waals surface area contributed by atoms with Gasteiger partial charge in [0.2, 0.25) is 0 Å². The molecule has 28 heavy (non-hydrogen) atoms. The number of urea groups is 1. The van der Waals surface area contributed by atoms with Crippen molar-refractivity contribution in [2.45, 2.75) is 26.1 Å². The van der Waals surface area contributed by atoms with E-state index in [0.29, 0.717) is 17.8 Å². The zero-order chi connectivity index (χ0) is 19.9. The number of aromatic nitrogens is 2. The van der Waals surface area contributed by atoms with E-state index in [1.807, 2.05) is 30.5 Å². The standard InChI is InChI=1S/C20H20F2N4O2/c1-14(15-7-4-8-17(12-15)28-19(21)22)24-20(27)25-18-9-3-2-6-16(18)13-26-11-5-10-23-26/h2-12,14,19H,13H2,1H3,(H2,24,25,27). The summed E-state index contributed by atoms with van der Waals surface area (Å²) in [5.74, 6) is 0.0473. The summed E-state index contributed by atoms with van der Waals surface area (Å²) in [7, 11) is 0. The molecule has 0 aliphatic rings. The summed E-state index contributed by atoms with van der Waals surface area (Å²) in [5.41, 5.74) is 2.22. The molecule has 6 nitrogen and oxygen atoms in total. The molecule has 3 aromatic rings. The van der Waals surface area contributed by atoms with Gasteiger partial charge in [-0.1, -0.05) is 30.3 Å². The summed E-state index contributed by atoms with van der Waals surface area (Å²) in [6.45, 7) is -0.615. The summed E-state index contributed by atoms with van der Waals surface area (Å²) in [6, 6.07) is 14.7. The smallest absolute Gasteiger partial charge is 0.387 e. The van der Waals surface area contributed by atoms with Crippen molar-refractivity contribution in [2.24, 2.45) is 0 Å². The van der Waals surface area contributed by atoms with Crippen molar-refractivity contribution >= 4 is 11.7 Å². The second-order valence-electron chi connectivity index (χ2n) is 6.13. The first-order valence-electron chi connectivity index (χ1n) is 8.69. The fraction of sp³-hybridized carbons (Fsp3) is 0.200. The number of halogens is 2. The van der Waals surface area contributed by atoms with E-state index in [2.05, 4.69) is 20.5 Å². The van der Waals surface area contributed by atoms with Gasteiger partial charge in [0, 0.05) is 18.1 Å². The maximum absolute atomic E-state index is 12.4. The van der Waals surface area contributed by atoms with Crippen LogP contribution in [0.1, 0.15) is 24.1 Å². The maximum atomic E-state index is 12.4. The number of alkyl halides is 2. The number of rotatable bonds is 7. The Balaban J connectivity index is 1.64. The number of amides is 2. The van der Waals surface area contributed by atoms with Crippen LogP contribution in [0.4, 0.5) is 19.3 Å². The Bertz CT molecular complexity index is 916. The molecular weight excluding hydrogens is 366 g/mol. The molecule has 0 fully saturated rings. The van der Waals surface area contributed by atoms with Gasteiger partial charge in [0.1, 0.15) is 5.75 Å². The van der Waals surface area contributed by atoms with Crippen molar-refractivity contribution in [2.75, 3.05) is 5.32 Å². The van der Waals surface area contributed by atoms with Gasteiger partial charge in [0.15, 0.2) is 0 Å². The third-order valence-electron chi connectivity index (χ3n) is 4.09. The first-order valence-corrected chi connectivity index (χ1v) is 8.69. The van der Waals surface area contributed by atoms with Crippen LogP contribution in [-0.2, 0) is 6.54 Å². The van der Waals surface area contributed by atoms with Gasteiger partial charge in [-0.2, -0.15) is 13.9 Å². The normalized spacial score (nSPS) is 11.9. The molecule has 2 amide bonds. The molecule has 146 valence electrons. The number of nitrogens with zero attached hydrogens (tertiary/aromatic N) is 2. The molecule has 1 unspecified atom stereocenters. The molecule has 1 atom stereocenters. The van der Waals surface area contributed by atoms with E-state index in [1.165, 1.54) is 12.1 Å². The van der Waals surface area contributed by atoms with Crippen molar-refractivity contribution in [3.8, 4) is 5.75 Å². The molecule has 0 saturated carbocycles. The van der Waals surface area contributed by atoms with Gasteiger partial charge in [-0.15, -0.1) is 0 Å². The highest BCUT2D eigenvalue weighted by Gasteiger charge is 2.13. The van der Waals surface area contributed by atoms with E-state index in [-0.39, 0.29) is 5.75 Å². The Hall–Kier alpha value is -3.42. The van der Waals surface area contributed by atoms with Crippen molar-refractivity contribution in [3.63, 3.8) is 0 Å². The van der Waals surface area contributed by atoms with Crippen LogP contribution in [0.25, 0.3) is 0 Å². The molecule has 8 heteroatoms. The highest BCUT2D eigenvalue weighted by Crippen LogP contribution is 2.21. The van der Waals surface area contributed by atoms with Crippen molar-refractivity contribution in [1.82, 2.24) is 15.1 Å². The SMILES string of the molecule is CC(NC(=O)Nc1ccccc1Cn1cccn1)c1cccc(OC(F)F)c1. The highest BCUT2D eigenvalue weighted by molar-refractivity contribution is 5.90. The quantitative estimate of drug-likeness (QED) is 0.632. The minimum absolute atomic E-state index is 0.0473. The maximum Gasteiger partial charge on any atom is 0.387 e. The van der Waals surface area contributed by atoms with Crippen LogP contribution in [0, 0.1) is 0 Å². The number of carbonyl (C=O) groups is 1. The first-order chi connectivity index (χ1) is 13.5. The predicted molar refractivity (Wildman–Crippen MR) is 101 cm³/mol. The average molecular weight is 386 g/mol. The summed E-state index contributed by atoms with van der Waals surface area (Å²) >= 11 is 0. The third-order valence-corrected chi connectivity index (χ3v) is 4.09. The third kappa shape index (κ3) is 5.29. The van der Waals surface area contributed by atoms with E-state index in [4.69, 9.17) is 0 Å². The lowest BCUT2D eigenvalue weighted by atomic mass is 10.1. The minimum atomic E-state index is -2.90. The molecule has 0 spiro atoms. The molecule has 2 aromatic carbocycles. The van der Waals surface area contributed by atoms with Crippen LogP contribution in [0.5, 0.6) is 5.75 Å². The van der Waals surface area contributed by atoms with Crippen LogP contribution in [0.2, 0.25) is 0 Å². The number of carbonyl (C=O) groups excluding carboxylic acids is 1. The lowest BCUT2D eigenvalue weighted by Crippen LogP contribution is -2.31. The van der Waals surface area contributed by atoms with Crippen molar-refractivity contribution in [3.05, 3.63) is 78.1 Å². The van der Waals surface area contributed by atoms with Crippen molar-refractivity contribution < 1.29 is 18.3 Å². The van der Waals surface area contributed by atoms with Gasteiger partial charge in [-0.3, -0.25) is 4.68 Å². The predicted octanol–water partition coefficient (Wildman–Crippen LogP) is 4.42. The fourth-order valence-electron chi connectivity index (χ4n) is 2.75. The Morgan fingerprint density at radius 1 is 1.18 bits per heavy atom. The molecule has 0 bridgehead atoms. The Morgan fingerprint density at radius 3 is 2.75 bits per heavy atom.